The zero-order valence-electron chi connectivity index (χ0n) is 10.9. The van der Waals surface area contributed by atoms with Crippen LogP contribution >= 0.6 is 12.4 Å². The molecule has 0 saturated heterocycles. The van der Waals surface area contributed by atoms with Crippen LogP contribution in [0.2, 0.25) is 0 Å². The summed E-state index contributed by atoms with van der Waals surface area (Å²) in [5, 5.41) is 19.1. The lowest BCUT2D eigenvalue weighted by atomic mass is 9.91. The second-order valence-corrected chi connectivity index (χ2v) is 4.80. The van der Waals surface area contributed by atoms with Crippen molar-refractivity contribution >= 4 is 12.4 Å². The van der Waals surface area contributed by atoms with Crippen LogP contribution in [0, 0.1) is 17.2 Å². The normalized spacial score (nSPS) is 16.5. The van der Waals surface area contributed by atoms with E-state index >= 15 is 0 Å². The minimum Gasteiger partial charge on any atom is -0.504 e. The zero-order chi connectivity index (χ0) is 13.1. The van der Waals surface area contributed by atoms with Crippen LogP contribution in [-0.2, 0) is 0 Å². The van der Waals surface area contributed by atoms with Crippen molar-refractivity contribution in [3.8, 4) is 17.6 Å². The molecular formula is C14H19ClN2O2. The van der Waals surface area contributed by atoms with Crippen LogP contribution in [0.4, 0.5) is 0 Å². The maximum atomic E-state index is 10.1. The molecule has 0 radical (unpaired) electrons. The highest BCUT2D eigenvalue weighted by molar-refractivity contribution is 5.85. The van der Waals surface area contributed by atoms with Gasteiger partial charge in [0.25, 0.3) is 0 Å². The van der Waals surface area contributed by atoms with E-state index in [1.165, 1.54) is 26.0 Å². The lowest BCUT2D eigenvalue weighted by Crippen LogP contribution is -2.19. The molecule has 1 atom stereocenters. The molecule has 0 aromatic heterocycles. The SMILES string of the molecule is COc1cc(C#N)cc([C@H](N)C2CCCC2)c1O.Cl. The zero-order valence-corrected chi connectivity index (χ0v) is 11.7. The topological polar surface area (TPSA) is 79.3 Å². The van der Waals surface area contributed by atoms with Crippen molar-refractivity contribution in [2.75, 3.05) is 7.11 Å². The Labute approximate surface area is 119 Å². The molecule has 3 N–H and O–H groups in total. The van der Waals surface area contributed by atoms with Crippen molar-refractivity contribution in [1.29, 1.82) is 5.26 Å². The Morgan fingerprint density at radius 3 is 2.58 bits per heavy atom. The summed E-state index contributed by atoms with van der Waals surface area (Å²) in [5.74, 6) is 0.767. The molecule has 104 valence electrons. The van der Waals surface area contributed by atoms with E-state index in [4.69, 9.17) is 15.7 Å². The number of nitrogens with two attached hydrogens (primary N) is 1. The molecule has 0 unspecified atom stereocenters. The van der Waals surface area contributed by atoms with E-state index in [9.17, 15) is 5.11 Å². The summed E-state index contributed by atoms with van der Waals surface area (Å²) in [7, 11) is 1.47. The maximum absolute atomic E-state index is 10.1. The number of hydrogen-bond donors (Lipinski definition) is 2. The molecule has 0 heterocycles. The number of ether oxygens (including phenoxy) is 1. The maximum Gasteiger partial charge on any atom is 0.162 e. The summed E-state index contributed by atoms with van der Waals surface area (Å²) in [6, 6.07) is 5.04. The van der Waals surface area contributed by atoms with Gasteiger partial charge in [-0.25, -0.2) is 0 Å². The van der Waals surface area contributed by atoms with Gasteiger partial charge in [-0.05, 0) is 24.8 Å². The number of aromatic hydroxyl groups is 1. The third-order valence-corrected chi connectivity index (χ3v) is 3.72. The fourth-order valence-corrected chi connectivity index (χ4v) is 2.67. The van der Waals surface area contributed by atoms with Gasteiger partial charge in [-0.1, -0.05) is 12.8 Å². The molecule has 1 aromatic carbocycles. The van der Waals surface area contributed by atoms with Crippen LogP contribution in [0.3, 0.4) is 0 Å². The Bertz CT molecular complexity index is 479. The first kappa shape index (κ1) is 15.6. The van der Waals surface area contributed by atoms with Crippen molar-refractivity contribution in [3.05, 3.63) is 23.3 Å². The molecular weight excluding hydrogens is 264 g/mol. The largest absolute Gasteiger partial charge is 0.504 e. The highest BCUT2D eigenvalue weighted by Crippen LogP contribution is 2.41. The van der Waals surface area contributed by atoms with E-state index in [0.29, 0.717) is 22.8 Å². The van der Waals surface area contributed by atoms with Gasteiger partial charge in [-0.2, -0.15) is 5.26 Å². The highest BCUT2D eigenvalue weighted by atomic mass is 35.5. The van der Waals surface area contributed by atoms with E-state index in [1.54, 1.807) is 6.07 Å². The molecule has 1 aliphatic carbocycles. The second kappa shape index (κ2) is 6.65. The number of phenols is 1. The van der Waals surface area contributed by atoms with Gasteiger partial charge in [0.15, 0.2) is 11.5 Å². The van der Waals surface area contributed by atoms with Gasteiger partial charge in [-0.3, -0.25) is 0 Å². The molecule has 1 aliphatic rings. The summed E-state index contributed by atoms with van der Waals surface area (Å²) in [4.78, 5) is 0. The minimum atomic E-state index is -0.227. The quantitative estimate of drug-likeness (QED) is 0.893. The Hall–Kier alpha value is -1.44. The highest BCUT2D eigenvalue weighted by Gasteiger charge is 2.26. The average molecular weight is 283 g/mol. The van der Waals surface area contributed by atoms with E-state index in [-0.39, 0.29) is 24.2 Å². The van der Waals surface area contributed by atoms with Crippen LogP contribution in [0.15, 0.2) is 12.1 Å². The Balaban J connectivity index is 0.00000180. The summed E-state index contributed by atoms with van der Waals surface area (Å²) in [6.45, 7) is 0. The molecule has 0 bridgehead atoms. The van der Waals surface area contributed by atoms with Gasteiger partial charge in [0.05, 0.1) is 18.7 Å². The Morgan fingerprint density at radius 1 is 1.42 bits per heavy atom. The van der Waals surface area contributed by atoms with Gasteiger partial charge in [-0.15, -0.1) is 12.4 Å². The number of phenolic OH excluding ortho intramolecular Hbond substituents is 1. The third kappa shape index (κ3) is 3.12. The molecule has 2 rings (SSSR count). The molecule has 5 heteroatoms. The average Bonchev–Trinajstić information content (AvgIpc) is 2.92. The van der Waals surface area contributed by atoms with Crippen LogP contribution in [0.25, 0.3) is 0 Å². The van der Waals surface area contributed by atoms with Crippen molar-refractivity contribution in [3.63, 3.8) is 0 Å². The number of nitriles is 1. The van der Waals surface area contributed by atoms with E-state index in [0.717, 1.165) is 12.8 Å². The van der Waals surface area contributed by atoms with E-state index in [2.05, 4.69) is 6.07 Å². The molecule has 0 spiro atoms. The smallest absolute Gasteiger partial charge is 0.162 e. The lowest BCUT2D eigenvalue weighted by molar-refractivity contribution is 0.359. The summed E-state index contributed by atoms with van der Waals surface area (Å²) in [5.41, 5.74) is 7.31. The van der Waals surface area contributed by atoms with E-state index in [1.807, 2.05) is 0 Å². The molecule has 0 aliphatic heterocycles. The van der Waals surface area contributed by atoms with Crippen LogP contribution in [-0.4, -0.2) is 12.2 Å². The number of benzene rings is 1. The molecule has 1 fully saturated rings. The van der Waals surface area contributed by atoms with Gasteiger partial charge < -0.3 is 15.6 Å². The number of methoxy groups -OCH3 is 1. The van der Waals surface area contributed by atoms with Crippen molar-refractivity contribution in [1.82, 2.24) is 0 Å². The predicted octanol–water partition coefficient (Wildman–Crippen LogP) is 2.88. The van der Waals surface area contributed by atoms with Crippen molar-refractivity contribution in [2.45, 2.75) is 31.7 Å². The van der Waals surface area contributed by atoms with Crippen molar-refractivity contribution < 1.29 is 9.84 Å². The van der Waals surface area contributed by atoms with Gasteiger partial charge in [0.1, 0.15) is 0 Å². The van der Waals surface area contributed by atoms with Crippen LogP contribution in [0.5, 0.6) is 11.5 Å². The standard InChI is InChI=1S/C14H18N2O2.ClH/c1-18-12-7-9(8-15)6-11(14(12)17)13(16)10-4-2-3-5-10;/h6-7,10,13,17H,2-5,16H2,1H3;1H/t13-;/m1./s1. The molecule has 0 amide bonds. The van der Waals surface area contributed by atoms with Crippen molar-refractivity contribution in [2.24, 2.45) is 11.7 Å². The fraction of sp³-hybridized carbons (Fsp3) is 0.500. The summed E-state index contributed by atoms with van der Waals surface area (Å²) < 4.78 is 5.08. The fourth-order valence-electron chi connectivity index (χ4n) is 2.67. The summed E-state index contributed by atoms with van der Waals surface area (Å²) >= 11 is 0. The second-order valence-electron chi connectivity index (χ2n) is 4.80. The Morgan fingerprint density at radius 2 is 2.05 bits per heavy atom. The number of halogens is 1. The van der Waals surface area contributed by atoms with Gasteiger partial charge in [0.2, 0.25) is 0 Å². The van der Waals surface area contributed by atoms with Crippen LogP contribution < -0.4 is 10.5 Å². The van der Waals surface area contributed by atoms with Gasteiger partial charge in [0, 0.05) is 17.7 Å². The number of nitrogens with zero attached hydrogens (tertiary/aromatic N) is 1. The molecule has 19 heavy (non-hydrogen) atoms. The lowest BCUT2D eigenvalue weighted by Gasteiger charge is -2.21. The number of rotatable bonds is 3. The van der Waals surface area contributed by atoms with Gasteiger partial charge >= 0.3 is 0 Å². The molecule has 1 saturated carbocycles. The first-order valence-corrected chi connectivity index (χ1v) is 6.24. The Kier molecular flexibility index (Phi) is 5.46. The first-order valence-electron chi connectivity index (χ1n) is 6.24. The number of hydrogen-bond acceptors (Lipinski definition) is 4. The minimum absolute atomic E-state index is 0. The third-order valence-electron chi connectivity index (χ3n) is 3.72. The summed E-state index contributed by atoms with van der Waals surface area (Å²) in [6.07, 6.45) is 4.54. The monoisotopic (exact) mass is 282 g/mol. The van der Waals surface area contributed by atoms with E-state index < -0.39 is 0 Å². The van der Waals surface area contributed by atoms with Crippen LogP contribution in [0.1, 0.15) is 42.9 Å². The molecule has 1 aromatic rings. The molecule has 4 nitrogen and oxygen atoms in total. The first-order chi connectivity index (χ1) is 8.67. The predicted molar refractivity (Wildman–Crippen MR) is 75.5 cm³/mol.